The molecule has 1 heterocycles. The number of nitro groups is 1. The molecule has 1 aromatic carbocycles. The van der Waals surface area contributed by atoms with Crippen molar-refractivity contribution in [3.63, 3.8) is 0 Å². The molecule has 0 aliphatic carbocycles. The zero-order valence-electron chi connectivity index (χ0n) is 10.0. The summed E-state index contributed by atoms with van der Waals surface area (Å²) in [6, 6.07) is 3.53. The first kappa shape index (κ1) is 14.9. The van der Waals surface area contributed by atoms with Gasteiger partial charge in [-0.2, -0.15) is 0 Å². The van der Waals surface area contributed by atoms with Gasteiger partial charge in [-0.25, -0.2) is 0 Å². The largest absolute Gasteiger partial charge is 0.460 e. The molecule has 110 valence electrons. The summed E-state index contributed by atoms with van der Waals surface area (Å²) in [7, 11) is 0. The van der Waals surface area contributed by atoms with Gasteiger partial charge >= 0.3 is 0 Å². The van der Waals surface area contributed by atoms with Gasteiger partial charge in [0.2, 0.25) is 6.29 Å². The molecule has 9 heteroatoms. The number of aliphatic hydroxyl groups excluding tert-OH is 3. The fraction of sp³-hybridized carbons (Fsp3) is 0.455. The van der Waals surface area contributed by atoms with Gasteiger partial charge in [0.15, 0.2) is 0 Å². The Bertz CT molecular complexity index is 512. The van der Waals surface area contributed by atoms with E-state index in [1.54, 1.807) is 0 Å². The van der Waals surface area contributed by atoms with Gasteiger partial charge in [0.1, 0.15) is 24.1 Å². The highest BCUT2D eigenvalue weighted by molar-refractivity contribution is 6.32. The zero-order chi connectivity index (χ0) is 14.9. The van der Waals surface area contributed by atoms with Crippen molar-refractivity contribution in [3.8, 4) is 5.75 Å². The van der Waals surface area contributed by atoms with E-state index in [4.69, 9.17) is 21.1 Å². The lowest BCUT2D eigenvalue weighted by Gasteiger charge is -2.35. The van der Waals surface area contributed by atoms with E-state index in [9.17, 15) is 25.4 Å². The molecule has 1 aliphatic rings. The molecule has 8 nitrogen and oxygen atoms in total. The Morgan fingerprint density at radius 2 is 2.05 bits per heavy atom. The molecule has 2 rings (SSSR count). The highest BCUT2D eigenvalue weighted by atomic mass is 35.5. The molecule has 1 unspecified atom stereocenters. The van der Waals surface area contributed by atoms with Crippen LogP contribution in [0.4, 0.5) is 5.69 Å². The third kappa shape index (κ3) is 3.00. The van der Waals surface area contributed by atoms with Gasteiger partial charge in [0.25, 0.3) is 5.69 Å². The van der Waals surface area contributed by atoms with Crippen molar-refractivity contribution in [2.75, 3.05) is 6.61 Å². The van der Waals surface area contributed by atoms with E-state index in [0.29, 0.717) is 0 Å². The van der Waals surface area contributed by atoms with Crippen molar-refractivity contribution in [2.45, 2.75) is 24.6 Å². The molecule has 3 N–H and O–H groups in total. The fourth-order valence-electron chi connectivity index (χ4n) is 1.71. The molecule has 20 heavy (non-hydrogen) atoms. The minimum atomic E-state index is -1.47. The smallest absolute Gasteiger partial charge is 0.271 e. The average Bonchev–Trinajstić information content (AvgIpc) is 2.41. The second-order valence-electron chi connectivity index (χ2n) is 4.24. The number of rotatable bonds is 3. The standard InChI is InChI=1S/C11H12ClNO7/c12-6-3-5(13(17)18)1-2-8(6)20-11-10(16)9(15)7(14)4-19-11/h1-3,7,9-11,14-16H,4H2/t7-,9+,10?,11+/m1/s1. The van der Waals surface area contributed by atoms with Crippen LogP contribution in [0.25, 0.3) is 0 Å². The number of benzene rings is 1. The predicted octanol–water partition coefficient (Wildman–Crippen LogP) is 0.0660. The topological polar surface area (TPSA) is 122 Å². The normalized spacial score (nSPS) is 30.0. The molecular formula is C11H12ClNO7. The van der Waals surface area contributed by atoms with Gasteiger partial charge < -0.3 is 24.8 Å². The number of ether oxygens (including phenoxy) is 2. The summed E-state index contributed by atoms with van der Waals surface area (Å²) in [5.74, 6) is 0.0601. The minimum absolute atomic E-state index is 0.0318. The Morgan fingerprint density at radius 1 is 1.35 bits per heavy atom. The molecule has 0 bridgehead atoms. The first-order chi connectivity index (χ1) is 9.40. The van der Waals surface area contributed by atoms with E-state index in [0.717, 1.165) is 6.07 Å². The van der Waals surface area contributed by atoms with Gasteiger partial charge in [0.05, 0.1) is 16.6 Å². The maximum atomic E-state index is 10.6. The van der Waals surface area contributed by atoms with Crippen LogP contribution >= 0.6 is 11.6 Å². The minimum Gasteiger partial charge on any atom is -0.460 e. The fourth-order valence-corrected chi connectivity index (χ4v) is 1.93. The Labute approximate surface area is 118 Å². The highest BCUT2D eigenvalue weighted by Gasteiger charge is 2.39. The molecule has 0 spiro atoms. The maximum absolute atomic E-state index is 10.6. The Kier molecular flexibility index (Phi) is 4.41. The molecule has 0 amide bonds. The molecule has 4 atom stereocenters. The van der Waals surface area contributed by atoms with Gasteiger partial charge in [-0.1, -0.05) is 11.6 Å². The third-order valence-electron chi connectivity index (χ3n) is 2.82. The number of aliphatic hydroxyl groups is 3. The Balaban J connectivity index is 2.12. The molecule has 1 aromatic rings. The van der Waals surface area contributed by atoms with Gasteiger partial charge in [-0.05, 0) is 6.07 Å². The van der Waals surface area contributed by atoms with Crippen LogP contribution in [0, 0.1) is 10.1 Å². The van der Waals surface area contributed by atoms with E-state index in [1.807, 2.05) is 0 Å². The van der Waals surface area contributed by atoms with Crippen molar-refractivity contribution >= 4 is 17.3 Å². The van der Waals surface area contributed by atoms with E-state index >= 15 is 0 Å². The number of hydrogen-bond donors (Lipinski definition) is 3. The van der Waals surface area contributed by atoms with E-state index in [1.165, 1.54) is 12.1 Å². The van der Waals surface area contributed by atoms with Crippen molar-refractivity contribution in [3.05, 3.63) is 33.3 Å². The van der Waals surface area contributed by atoms with Crippen LogP contribution in [-0.4, -0.2) is 51.5 Å². The molecule has 1 fully saturated rings. The second kappa shape index (κ2) is 5.90. The summed E-state index contributed by atoms with van der Waals surface area (Å²) in [5.41, 5.74) is -0.206. The number of halogens is 1. The molecular weight excluding hydrogens is 294 g/mol. The van der Waals surface area contributed by atoms with Crippen LogP contribution in [0.5, 0.6) is 5.75 Å². The lowest BCUT2D eigenvalue weighted by Crippen LogP contribution is -2.54. The van der Waals surface area contributed by atoms with Gasteiger partial charge in [0, 0.05) is 12.1 Å². The molecule has 0 saturated carbocycles. The Hall–Kier alpha value is -1.45. The summed E-state index contributed by atoms with van der Waals surface area (Å²) in [4.78, 5) is 9.96. The first-order valence-electron chi connectivity index (χ1n) is 5.66. The SMILES string of the molecule is O=[N+]([O-])c1ccc(O[C@@H]2OC[C@@H](O)[C@H](O)C2O)c(Cl)c1. The lowest BCUT2D eigenvalue weighted by atomic mass is 10.1. The highest BCUT2D eigenvalue weighted by Crippen LogP contribution is 2.31. The van der Waals surface area contributed by atoms with Crippen LogP contribution in [0.3, 0.4) is 0 Å². The average molecular weight is 306 g/mol. The van der Waals surface area contributed by atoms with E-state index < -0.39 is 29.5 Å². The monoisotopic (exact) mass is 305 g/mol. The molecule has 1 aliphatic heterocycles. The second-order valence-corrected chi connectivity index (χ2v) is 4.65. The van der Waals surface area contributed by atoms with Crippen LogP contribution in [-0.2, 0) is 4.74 Å². The summed E-state index contributed by atoms with van der Waals surface area (Å²) in [5, 5.41) is 39.0. The lowest BCUT2D eigenvalue weighted by molar-refractivity contribution is -0.384. The molecule has 0 aromatic heterocycles. The maximum Gasteiger partial charge on any atom is 0.271 e. The zero-order valence-corrected chi connectivity index (χ0v) is 10.8. The van der Waals surface area contributed by atoms with Crippen LogP contribution in [0.15, 0.2) is 18.2 Å². The quantitative estimate of drug-likeness (QED) is 0.533. The summed E-state index contributed by atoms with van der Waals surface area (Å²) in [6.07, 6.45) is -5.32. The van der Waals surface area contributed by atoms with Crippen LogP contribution in [0.2, 0.25) is 5.02 Å². The van der Waals surface area contributed by atoms with Crippen molar-refractivity contribution in [1.29, 1.82) is 0 Å². The van der Waals surface area contributed by atoms with Crippen molar-refractivity contribution in [2.24, 2.45) is 0 Å². The Morgan fingerprint density at radius 3 is 2.65 bits per heavy atom. The van der Waals surface area contributed by atoms with Crippen molar-refractivity contribution in [1.82, 2.24) is 0 Å². The van der Waals surface area contributed by atoms with E-state index in [2.05, 4.69) is 0 Å². The van der Waals surface area contributed by atoms with E-state index in [-0.39, 0.29) is 23.1 Å². The number of nitrogens with zero attached hydrogens (tertiary/aromatic N) is 1. The van der Waals surface area contributed by atoms with Crippen LogP contribution < -0.4 is 4.74 Å². The summed E-state index contributed by atoms with van der Waals surface area (Å²) < 4.78 is 10.3. The first-order valence-corrected chi connectivity index (χ1v) is 6.04. The van der Waals surface area contributed by atoms with Crippen molar-refractivity contribution < 1.29 is 29.7 Å². The summed E-state index contributed by atoms with van der Waals surface area (Å²) >= 11 is 5.83. The number of non-ortho nitro benzene ring substituents is 1. The molecule has 1 saturated heterocycles. The van der Waals surface area contributed by atoms with Crippen LogP contribution in [0.1, 0.15) is 0 Å². The number of nitro benzene ring substituents is 1. The third-order valence-corrected chi connectivity index (χ3v) is 3.12. The molecule has 0 radical (unpaired) electrons. The predicted molar refractivity (Wildman–Crippen MR) is 66.5 cm³/mol. The van der Waals surface area contributed by atoms with Gasteiger partial charge in [-0.3, -0.25) is 10.1 Å². The number of hydrogen-bond acceptors (Lipinski definition) is 7. The summed E-state index contributed by atoms with van der Waals surface area (Å²) in [6.45, 7) is -0.215. The van der Waals surface area contributed by atoms with Gasteiger partial charge in [-0.15, -0.1) is 0 Å².